The van der Waals surface area contributed by atoms with Gasteiger partial charge in [-0.05, 0) is 18.4 Å². The van der Waals surface area contributed by atoms with Crippen LogP contribution in [0.4, 0.5) is 0 Å². The molecule has 2 fully saturated rings. The summed E-state index contributed by atoms with van der Waals surface area (Å²) in [5.74, 6) is -0.637. The Hall–Kier alpha value is -1.92. The lowest BCUT2D eigenvalue weighted by atomic mass is 9.82. The number of hydrogen-bond acceptors (Lipinski definition) is 4. The minimum Gasteiger partial charge on any atom is -0.368 e. The first-order valence-electron chi connectivity index (χ1n) is 9.26. The van der Waals surface area contributed by atoms with Crippen molar-refractivity contribution in [2.45, 2.75) is 37.8 Å². The first kappa shape index (κ1) is 17.9. The van der Waals surface area contributed by atoms with Crippen LogP contribution in [0.1, 0.15) is 37.3 Å². The molecule has 6 heteroatoms. The van der Waals surface area contributed by atoms with E-state index in [1.807, 2.05) is 30.3 Å². The minimum atomic E-state index is -0.765. The standard InChI is InChI=1S/C19H28N4O2/c20-18(24)17(14-6-2-1-3-7-14)22-19(25)15-8-4-5-9-16(15)23-12-10-21-11-13-23/h1-3,6-7,15-17,21H,4-5,8-13H2,(H2,20,24)(H,22,25)/t15?,16?,17-/m0/s1. The second kappa shape index (κ2) is 8.45. The molecule has 2 unspecified atom stereocenters. The monoisotopic (exact) mass is 344 g/mol. The normalized spacial score (nSPS) is 25.9. The Balaban J connectivity index is 1.71. The zero-order chi connectivity index (χ0) is 17.6. The predicted molar refractivity (Wildman–Crippen MR) is 96.7 cm³/mol. The Labute approximate surface area is 149 Å². The molecule has 3 rings (SSSR count). The average molecular weight is 344 g/mol. The summed E-state index contributed by atoms with van der Waals surface area (Å²) >= 11 is 0. The first-order chi connectivity index (χ1) is 12.2. The van der Waals surface area contributed by atoms with Crippen molar-refractivity contribution in [3.63, 3.8) is 0 Å². The highest BCUT2D eigenvalue weighted by Gasteiger charge is 2.36. The summed E-state index contributed by atoms with van der Waals surface area (Å²) in [6.07, 6.45) is 4.15. The highest BCUT2D eigenvalue weighted by atomic mass is 16.2. The van der Waals surface area contributed by atoms with Gasteiger partial charge >= 0.3 is 0 Å². The van der Waals surface area contributed by atoms with Gasteiger partial charge < -0.3 is 16.4 Å². The summed E-state index contributed by atoms with van der Waals surface area (Å²) in [6, 6.07) is 8.72. The SMILES string of the molecule is NC(=O)[C@@H](NC(=O)C1CCCCC1N1CCNCC1)c1ccccc1. The number of hydrogen-bond donors (Lipinski definition) is 3. The Bertz CT molecular complexity index is 586. The smallest absolute Gasteiger partial charge is 0.244 e. The third-order valence-electron chi connectivity index (χ3n) is 5.39. The number of carbonyl (C=O) groups excluding carboxylic acids is 2. The number of rotatable bonds is 5. The van der Waals surface area contributed by atoms with Crippen molar-refractivity contribution < 1.29 is 9.59 Å². The first-order valence-corrected chi connectivity index (χ1v) is 9.26. The van der Waals surface area contributed by atoms with E-state index in [1.165, 1.54) is 0 Å². The van der Waals surface area contributed by atoms with Gasteiger partial charge in [-0.2, -0.15) is 0 Å². The summed E-state index contributed by atoms with van der Waals surface area (Å²) in [5, 5.41) is 6.28. The van der Waals surface area contributed by atoms with Crippen molar-refractivity contribution in [3.8, 4) is 0 Å². The molecule has 2 aliphatic rings. The molecule has 1 aromatic rings. The van der Waals surface area contributed by atoms with Gasteiger partial charge in [-0.25, -0.2) is 0 Å². The van der Waals surface area contributed by atoms with Crippen molar-refractivity contribution in [2.24, 2.45) is 11.7 Å². The number of nitrogens with one attached hydrogen (secondary N) is 2. The number of primary amides is 1. The molecule has 1 saturated heterocycles. The van der Waals surface area contributed by atoms with Crippen LogP contribution in [0.25, 0.3) is 0 Å². The number of piperazine rings is 1. The summed E-state index contributed by atoms with van der Waals surface area (Å²) in [5.41, 5.74) is 6.29. The molecule has 136 valence electrons. The zero-order valence-electron chi connectivity index (χ0n) is 14.6. The molecule has 0 bridgehead atoms. The van der Waals surface area contributed by atoms with Crippen molar-refractivity contribution >= 4 is 11.8 Å². The van der Waals surface area contributed by atoms with Crippen LogP contribution in [0.2, 0.25) is 0 Å². The quantitative estimate of drug-likeness (QED) is 0.737. The van der Waals surface area contributed by atoms with Gasteiger partial charge in [0.1, 0.15) is 6.04 Å². The molecular formula is C19H28N4O2. The maximum Gasteiger partial charge on any atom is 0.244 e. The van der Waals surface area contributed by atoms with Crippen molar-refractivity contribution in [1.29, 1.82) is 0 Å². The molecule has 25 heavy (non-hydrogen) atoms. The van der Waals surface area contributed by atoms with Crippen molar-refractivity contribution in [1.82, 2.24) is 15.5 Å². The largest absolute Gasteiger partial charge is 0.368 e. The maximum atomic E-state index is 13.0. The molecule has 1 heterocycles. The molecule has 1 aliphatic carbocycles. The highest BCUT2D eigenvalue weighted by Crippen LogP contribution is 2.29. The van der Waals surface area contributed by atoms with Gasteiger partial charge in [0.15, 0.2) is 0 Å². The summed E-state index contributed by atoms with van der Waals surface area (Å²) in [6.45, 7) is 3.90. The van der Waals surface area contributed by atoms with Crippen LogP contribution in [-0.4, -0.2) is 48.9 Å². The van der Waals surface area contributed by atoms with Crippen LogP contribution in [0.3, 0.4) is 0 Å². The Kier molecular flexibility index (Phi) is 6.04. The van der Waals surface area contributed by atoms with Crippen LogP contribution in [0.5, 0.6) is 0 Å². The van der Waals surface area contributed by atoms with E-state index >= 15 is 0 Å². The molecule has 1 aliphatic heterocycles. The van der Waals surface area contributed by atoms with Gasteiger partial charge in [-0.3, -0.25) is 14.5 Å². The van der Waals surface area contributed by atoms with Crippen LogP contribution in [-0.2, 0) is 9.59 Å². The van der Waals surface area contributed by atoms with E-state index in [0.717, 1.165) is 57.4 Å². The van der Waals surface area contributed by atoms with Crippen LogP contribution < -0.4 is 16.4 Å². The molecule has 2 amide bonds. The number of carbonyl (C=O) groups is 2. The van der Waals surface area contributed by atoms with Crippen molar-refractivity contribution in [3.05, 3.63) is 35.9 Å². The third-order valence-corrected chi connectivity index (χ3v) is 5.39. The topological polar surface area (TPSA) is 87.5 Å². The van der Waals surface area contributed by atoms with E-state index < -0.39 is 11.9 Å². The van der Waals surface area contributed by atoms with E-state index in [9.17, 15) is 9.59 Å². The van der Waals surface area contributed by atoms with E-state index in [4.69, 9.17) is 5.73 Å². The fraction of sp³-hybridized carbons (Fsp3) is 0.579. The summed E-state index contributed by atoms with van der Waals surface area (Å²) in [4.78, 5) is 27.3. The van der Waals surface area contributed by atoms with Crippen LogP contribution in [0, 0.1) is 5.92 Å². The summed E-state index contributed by atoms with van der Waals surface area (Å²) < 4.78 is 0. The molecule has 1 aromatic carbocycles. The number of benzene rings is 1. The average Bonchev–Trinajstić information content (AvgIpc) is 2.67. The van der Waals surface area contributed by atoms with Gasteiger partial charge in [0.2, 0.25) is 11.8 Å². The lowest BCUT2D eigenvalue weighted by Gasteiger charge is -2.41. The van der Waals surface area contributed by atoms with Gasteiger partial charge in [-0.15, -0.1) is 0 Å². The summed E-state index contributed by atoms with van der Waals surface area (Å²) in [7, 11) is 0. The fourth-order valence-corrected chi connectivity index (χ4v) is 4.08. The minimum absolute atomic E-state index is 0.0455. The molecule has 0 aromatic heterocycles. The van der Waals surface area contributed by atoms with Crippen LogP contribution >= 0.6 is 0 Å². The Morgan fingerprint density at radius 3 is 2.48 bits per heavy atom. The second-order valence-electron chi connectivity index (χ2n) is 7.00. The fourth-order valence-electron chi connectivity index (χ4n) is 4.08. The Morgan fingerprint density at radius 2 is 1.80 bits per heavy atom. The van der Waals surface area contributed by atoms with Gasteiger partial charge in [0.25, 0.3) is 0 Å². The molecule has 6 nitrogen and oxygen atoms in total. The van der Waals surface area contributed by atoms with E-state index in [2.05, 4.69) is 15.5 Å². The van der Waals surface area contributed by atoms with Gasteiger partial charge in [0.05, 0.1) is 5.92 Å². The van der Waals surface area contributed by atoms with Crippen LogP contribution in [0.15, 0.2) is 30.3 Å². The zero-order valence-corrected chi connectivity index (χ0v) is 14.6. The van der Waals surface area contributed by atoms with E-state index in [-0.39, 0.29) is 17.9 Å². The van der Waals surface area contributed by atoms with E-state index in [0.29, 0.717) is 0 Å². The number of amides is 2. The van der Waals surface area contributed by atoms with Gasteiger partial charge in [0, 0.05) is 32.2 Å². The van der Waals surface area contributed by atoms with Gasteiger partial charge in [-0.1, -0.05) is 43.2 Å². The lowest BCUT2D eigenvalue weighted by molar-refractivity contribution is -0.132. The molecular weight excluding hydrogens is 316 g/mol. The third kappa shape index (κ3) is 4.38. The number of nitrogens with two attached hydrogens (primary N) is 1. The molecule has 4 N–H and O–H groups in total. The molecule has 3 atom stereocenters. The second-order valence-corrected chi connectivity index (χ2v) is 7.00. The molecule has 0 spiro atoms. The maximum absolute atomic E-state index is 13.0. The predicted octanol–water partition coefficient (Wildman–Crippen LogP) is 0.793. The Morgan fingerprint density at radius 1 is 1.12 bits per heavy atom. The highest BCUT2D eigenvalue weighted by molar-refractivity contribution is 5.88. The number of nitrogens with zero attached hydrogens (tertiary/aromatic N) is 1. The van der Waals surface area contributed by atoms with E-state index in [1.54, 1.807) is 0 Å². The molecule has 0 radical (unpaired) electrons. The van der Waals surface area contributed by atoms with Crippen molar-refractivity contribution in [2.75, 3.05) is 26.2 Å². The lowest BCUT2D eigenvalue weighted by Crippen LogP contribution is -2.55. The molecule has 1 saturated carbocycles.